The Kier molecular flexibility index (Phi) is 4.49. The lowest BCUT2D eigenvalue weighted by Gasteiger charge is -2.17. The molecule has 11 heteroatoms. The molecular weight excluding hydrogens is 350 g/mol. The number of aromatic nitrogens is 3. The van der Waals surface area contributed by atoms with Crippen LogP contribution in [0.1, 0.15) is 34.1 Å². The molecular formula is C14H15N5O5S. The maximum Gasteiger partial charge on any atom is 0.490 e. The van der Waals surface area contributed by atoms with E-state index in [1.54, 1.807) is 0 Å². The van der Waals surface area contributed by atoms with E-state index in [-0.39, 0.29) is 12.1 Å². The topological polar surface area (TPSA) is 140 Å². The van der Waals surface area contributed by atoms with Gasteiger partial charge in [0.2, 0.25) is 12.2 Å². The molecule has 0 saturated heterocycles. The van der Waals surface area contributed by atoms with Crippen LogP contribution in [0, 0.1) is 16.0 Å². The Hall–Kier alpha value is -2.82. The van der Waals surface area contributed by atoms with Gasteiger partial charge in [0.1, 0.15) is 11.5 Å². The fraction of sp³-hybridized carbons (Fsp3) is 0.429. The highest BCUT2D eigenvalue weighted by Gasteiger charge is 2.28. The predicted octanol–water partition coefficient (Wildman–Crippen LogP) is 1.71. The van der Waals surface area contributed by atoms with Crippen LogP contribution in [0.4, 0.5) is 10.9 Å². The highest BCUT2D eigenvalue weighted by Crippen LogP contribution is 2.39. The number of hydrogen-bond donors (Lipinski definition) is 2. The van der Waals surface area contributed by atoms with Crippen LogP contribution >= 0.6 is 11.3 Å². The number of carboxylic acids is 1. The van der Waals surface area contributed by atoms with E-state index in [2.05, 4.69) is 22.3 Å². The lowest BCUT2D eigenvalue weighted by Crippen LogP contribution is -2.20. The van der Waals surface area contributed by atoms with Crippen LogP contribution in [0.25, 0.3) is 0 Å². The van der Waals surface area contributed by atoms with E-state index in [0.29, 0.717) is 17.3 Å². The van der Waals surface area contributed by atoms with Crippen LogP contribution in [0.2, 0.25) is 0 Å². The van der Waals surface area contributed by atoms with E-state index in [1.165, 1.54) is 11.3 Å². The number of amides is 1. The maximum atomic E-state index is 12.2. The number of carboxylic acid groups (broad SMARTS) is 1. The van der Waals surface area contributed by atoms with Crippen LogP contribution < -0.4 is 5.32 Å². The van der Waals surface area contributed by atoms with Gasteiger partial charge in [0, 0.05) is 9.98 Å². The molecule has 1 atom stereocenters. The van der Waals surface area contributed by atoms with Gasteiger partial charge in [-0.3, -0.25) is 4.79 Å². The highest BCUT2D eigenvalue weighted by molar-refractivity contribution is 7.17. The van der Waals surface area contributed by atoms with Crippen LogP contribution in [-0.2, 0) is 24.2 Å². The molecule has 2 aromatic rings. The lowest BCUT2D eigenvalue weighted by atomic mass is 9.88. The molecule has 10 nitrogen and oxygen atoms in total. The third kappa shape index (κ3) is 3.50. The van der Waals surface area contributed by atoms with Gasteiger partial charge in [-0.15, -0.1) is 11.3 Å². The van der Waals surface area contributed by atoms with Gasteiger partial charge in [0.05, 0.1) is 5.56 Å². The van der Waals surface area contributed by atoms with Gasteiger partial charge in [-0.1, -0.05) is 11.9 Å². The summed E-state index contributed by atoms with van der Waals surface area (Å²) in [5.41, 5.74) is 0.937. The van der Waals surface area contributed by atoms with E-state index in [4.69, 9.17) is 0 Å². The van der Waals surface area contributed by atoms with Crippen LogP contribution in [0.15, 0.2) is 6.33 Å². The lowest BCUT2D eigenvalue weighted by molar-refractivity contribution is -0.394. The molecule has 1 aliphatic carbocycles. The van der Waals surface area contributed by atoms with Crippen molar-refractivity contribution in [1.82, 2.24) is 14.8 Å². The standard InChI is InChI=1S/C14H15N5O5S/c1-7-2-3-8-9(4-7)25-12(11(8)13(21)22)16-10(20)5-18-6-15-14(17-18)19(23)24/h6-7H,2-5H2,1H3,(H,16,20)(H,21,22). The molecule has 0 bridgehead atoms. The second kappa shape index (κ2) is 6.59. The van der Waals surface area contributed by atoms with Crippen molar-refractivity contribution in [3.05, 3.63) is 32.4 Å². The number of thiophene rings is 1. The number of nitrogens with one attached hydrogen (secondary N) is 1. The van der Waals surface area contributed by atoms with E-state index in [0.717, 1.165) is 34.3 Å². The summed E-state index contributed by atoms with van der Waals surface area (Å²) in [6.07, 6.45) is 3.47. The largest absolute Gasteiger partial charge is 0.490 e. The molecule has 1 amide bonds. The molecule has 0 aromatic carbocycles. The van der Waals surface area contributed by atoms with Crippen molar-refractivity contribution in [2.24, 2.45) is 5.92 Å². The average Bonchev–Trinajstić information content (AvgIpc) is 3.10. The number of carbonyl (C=O) groups is 2. The van der Waals surface area contributed by atoms with E-state index < -0.39 is 22.7 Å². The van der Waals surface area contributed by atoms with Crippen LogP contribution in [0.5, 0.6) is 0 Å². The van der Waals surface area contributed by atoms with Crippen LogP contribution in [0.3, 0.4) is 0 Å². The first-order valence-corrected chi connectivity index (χ1v) is 8.38. The van der Waals surface area contributed by atoms with Crippen molar-refractivity contribution in [2.75, 3.05) is 5.32 Å². The fourth-order valence-electron chi connectivity index (χ4n) is 2.82. The van der Waals surface area contributed by atoms with Gasteiger partial charge >= 0.3 is 11.9 Å². The Morgan fingerprint density at radius 1 is 1.56 bits per heavy atom. The molecule has 25 heavy (non-hydrogen) atoms. The number of hydrogen-bond acceptors (Lipinski definition) is 7. The van der Waals surface area contributed by atoms with Crippen LogP contribution in [-0.4, -0.2) is 36.7 Å². The highest BCUT2D eigenvalue weighted by atomic mass is 32.1. The number of carbonyl (C=O) groups excluding carboxylic acids is 1. The smallest absolute Gasteiger partial charge is 0.478 e. The molecule has 0 fully saturated rings. The first-order chi connectivity index (χ1) is 11.8. The van der Waals surface area contributed by atoms with Gasteiger partial charge < -0.3 is 20.5 Å². The molecule has 3 rings (SSSR count). The number of nitrogens with zero attached hydrogens (tertiary/aromatic N) is 4. The Morgan fingerprint density at radius 2 is 2.32 bits per heavy atom. The molecule has 0 aliphatic heterocycles. The summed E-state index contributed by atoms with van der Waals surface area (Å²) in [6, 6.07) is 0. The zero-order valence-electron chi connectivity index (χ0n) is 13.3. The molecule has 0 saturated carbocycles. The van der Waals surface area contributed by atoms with E-state index in [9.17, 15) is 24.8 Å². The van der Waals surface area contributed by atoms with Crippen molar-refractivity contribution < 1.29 is 19.6 Å². The van der Waals surface area contributed by atoms with E-state index in [1.807, 2.05) is 0 Å². The number of fused-ring (bicyclic) bond motifs is 1. The minimum absolute atomic E-state index is 0.143. The number of anilines is 1. The number of nitro groups is 1. The SMILES string of the molecule is CC1CCc2c(sc(NC(=O)Cn3cnc([N+](=O)[O-])n3)c2C(=O)O)C1. The third-order valence-electron chi connectivity index (χ3n) is 3.97. The molecule has 2 N–H and O–H groups in total. The summed E-state index contributed by atoms with van der Waals surface area (Å²) in [6.45, 7) is 1.82. The molecule has 0 radical (unpaired) electrons. The molecule has 132 valence electrons. The quantitative estimate of drug-likeness (QED) is 0.607. The van der Waals surface area contributed by atoms with Crippen molar-refractivity contribution in [1.29, 1.82) is 0 Å². The van der Waals surface area contributed by atoms with Gasteiger partial charge in [0.15, 0.2) is 0 Å². The number of rotatable bonds is 5. The Bertz CT molecular complexity index is 858. The Balaban J connectivity index is 1.78. The van der Waals surface area contributed by atoms with Crippen molar-refractivity contribution in [3.63, 3.8) is 0 Å². The van der Waals surface area contributed by atoms with E-state index >= 15 is 0 Å². The van der Waals surface area contributed by atoms with Gasteiger partial charge in [-0.2, -0.15) is 4.68 Å². The Labute approximate surface area is 145 Å². The van der Waals surface area contributed by atoms with Gasteiger partial charge in [0.25, 0.3) is 0 Å². The minimum atomic E-state index is -1.07. The molecule has 1 unspecified atom stereocenters. The first-order valence-electron chi connectivity index (χ1n) is 7.56. The summed E-state index contributed by atoms with van der Waals surface area (Å²) in [5.74, 6) is -1.71. The van der Waals surface area contributed by atoms with Gasteiger partial charge in [-0.05, 0) is 35.7 Å². The molecule has 1 aliphatic rings. The summed E-state index contributed by atoms with van der Waals surface area (Å²) in [4.78, 5) is 38.0. The average molecular weight is 365 g/mol. The molecule has 0 spiro atoms. The second-order valence-corrected chi connectivity index (χ2v) is 7.01. The summed E-state index contributed by atoms with van der Waals surface area (Å²) >= 11 is 1.28. The van der Waals surface area contributed by atoms with Gasteiger partial charge in [-0.25, -0.2) is 4.79 Å². The minimum Gasteiger partial charge on any atom is -0.478 e. The fourth-order valence-corrected chi connectivity index (χ4v) is 4.24. The zero-order chi connectivity index (χ0) is 18.1. The third-order valence-corrected chi connectivity index (χ3v) is 5.14. The normalized spacial score (nSPS) is 16.3. The first kappa shape index (κ1) is 17.0. The van der Waals surface area contributed by atoms with Crippen molar-refractivity contribution in [3.8, 4) is 0 Å². The predicted molar refractivity (Wildman–Crippen MR) is 87.8 cm³/mol. The molecule has 2 aromatic heterocycles. The summed E-state index contributed by atoms with van der Waals surface area (Å²) in [5, 5.41) is 26.5. The Morgan fingerprint density at radius 3 is 2.96 bits per heavy atom. The number of aromatic carboxylic acids is 1. The molecule has 2 heterocycles. The summed E-state index contributed by atoms with van der Waals surface area (Å²) in [7, 11) is 0. The van der Waals surface area contributed by atoms with Crippen molar-refractivity contribution >= 4 is 34.2 Å². The van der Waals surface area contributed by atoms with Crippen molar-refractivity contribution in [2.45, 2.75) is 32.7 Å². The monoisotopic (exact) mass is 365 g/mol. The zero-order valence-corrected chi connectivity index (χ0v) is 14.1. The summed E-state index contributed by atoms with van der Waals surface area (Å²) < 4.78 is 1.03. The maximum absolute atomic E-state index is 12.2. The second-order valence-electron chi connectivity index (χ2n) is 5.91.